The van der Waals surface area contributed by atoms with E-state index in [1.54, 1.807) is 18.3 Å². The molecule has 0 aliphatic rings. The molecule has 0 saturated carbocycles. The smallest absolute Gasteiger partial charge is 0.220 e. The molecule has 0 aliphatic heterocycles. The number of benzene rings is 2. The first-order valence-corrected chi connectivity index (χ1v) is 8.78. The van der Waals surface area contributed by atoms with Gasteiger partial charge in [-0.25, -0.2) is 9.97 Å². The van der Waals surface area contributed by atoms with Gasteiger partial charge in [0, 0.05) is 16.6 Å². The first-order chi connectivity index (χ1) is 12.9. The first-order valence-electron chi connectivity index (χ1n) is 8.40. The summed E-state index contributed by atoms with van der Waals surface area (Å²) in [6.45, 7) is 4.51. The van der Waals surface area contributed by atoms with Gasteiger partial charge in [0.05, 0.1) is 17.3 Å². The number of nitrogens with zero attached hydrogens (tertiary/aromatic N) is 3. The lowest BCUT2D eigenvalue weighted by Crippen LogP contribution is -2.19. The molecular formula is C21H19ClN4O. The van der Waals surface area contributed by atoms with Crippen LogP contribution in [0.4, 0.5) is 5.95 Å². The molecule has 0 atom stereocenters. The summed E-state index contributed by atoms with van der Waals surface area (Å²) in [7, 11) is 0. The zero-order valence-corrected chi connectivity index (χ0v) is 15.9. The Labute approximate surface area is 163 Å². The van der Waals surface area contributed by atoms with Crippen molar-refractivity contribution < 1.29 is 4.74 Å². The number of halogens is 1. The highest BCUT2D eigenvalue weighted by molar-refractivity contribution is 6.30. The fraction of sp³-hybridized carbons (Fsp3) is 0.190. The number of ether oxygens (including phenoxy) is 1. The van der Waals surface area contributed by atoms with Crippen molar-refractivity contribution in [3.63, 3.8) is 0 Å². The van der Waals surface area contributed by atoms with Crippen LogP contribution in [0, 0.1) is 11.3 Å². The topological polar surface area (TPSA) is 84.8 Å². The molecule has 1 aromatic heterocycles. The van der Waals surface area contributed by atoms with Crippen LogP contribution in [0.25, 0.3) is 0 Å². The average molecular weight is 379 g/mol. The van der Waals surface area contributed by atoms with Gasteiger partial charge in [0.15, 0.2) is 0 Å². The molecule has 3 aromatic rings. The third-order valence-electron chi connectivity index (χ3n) is 4.44. The van der Waals surface area contributed by atoms with E-state index in [2.05, 4.69) is 29.9 Å². The van der Waals surface area contributed by atoms with Crippen LogP contribution in [0.3, 0.4) is 0 Å². The number of nitrogen functional groups attached to an aromatic ring is 1. The Morgan fingerprint density at radius 1 is 1.11 bits per heavy atom. The second-order valence-corrected chi connectivity index (χ2v) is 7.12. The summed E-state index contributed by atoms with van der Waals surface area (Å²) in [5.74, 6) is 0.960. The maximum atomic E-state index is 9.19. The summed E-state index contributed by atoms with van der Waals surface area (Å²) >= 11 is 6.17. The summed E-state index contributed by atoms with van der Waals surface area (Å²) in [4.78, 5) is 7.97. The predicted octanol–water partition coefficient (Wildman–Crippen LogP) is 4.49. The molecule has 0 radical (unpaired) electrons. The zero-order valence-electron chi connectivity index (χ0n) is 15.1. The van der Waals surface area contributed by atoms with Crippen molar-refractivity contribution in [2.75, 3.05) is 5.73 Å². The Bertz CT molecular complexity index is 994. The number of anilines is 1. The molecule has 2 N–H and O–H groups in total. The predicted molar refractivity (Wildman–Crippen MR) is 106 cm³/mol. The van der Waals surface area contributed by atoms with Gasteiger partial charge in [-0.05, 0) is 47.5 Å². The second kappa shape index (κ2) is 7.65. The number of aromatic nitrogens is 2. The van der Waals surface area contributed by atoms with Crippen LogP contribution in [-0.2, 0) is 12.0 Å². The lowest BCUT2D eigenvalue weighted by Gasteiger charge is -2.26. The maximum absolute atomic E-state index is 9.19. The summed E-state index contributed by atoms with van der Waals surface area (Å²) < 4.78 is 5.77. The third kappa shape index (κ3) is 4.36. The molecule has 3 rings (SSSR count). The highest BCUT2D eigenvalue weighted by Crippen LogP contribution is 2.34. The quantitative estimate of drug-likeness (QED) is 0.707. The van der Waals surface area contributed by atoms with Crippen molar-refractivity contribution in [3.8, 4) is 11.8 Å². The Morgan fingerprint density at radius 2 is 1.85 bits per heavy atom. The van der Waals surface area contributed by atoms with Gasteiger partial charge in [-0.3, -0.25) is 0 Å². The Balaban J connectivity index is 1.78. The second-order valence-electron chi connectivity index (χ2n) is 6.68. The van der Waals surface area contributed by atoms with Crippen molar-refractivity contribution in [2.45, 2.75) is 25.9 Å². The third-order valence-corrected chi connectivity index (χ3v) is 4.66. The van der Waals surface area contributed by atoms with Crippen LogP contribution >= 0.6 is 11.6 Å². The van der Waals surface area contributed by atoms with Crippen molar-refractivity contribution >= 4 is 17.5 Å². The molecular weight excluding hydrogens is 360 g/mol. The lowest BCUT2D eigenvalue weighted by atomic mass is 9.78. The molecule has 27 heavy (non-hydrogen) atoms. The van der Waals surface area contributed by atoms with Crippen molar-refractivity contribution in [2.24, 2.45) is 0 Å². The van der Waals surface area contributed by atoms with Crippen LogP contribution in [0.1, 0.15) is 36.2 Å². The molecule has 136 valence electrons. The van der Waals surface area contributed by atoms with Crippen LogP contribution in [0.5, 0.6) is 5.75 Å². The van der Waals surface area contributed by atoms with E-state index in [-0.39, 0.29) is 11.4 Å². The fourth-order valence-corrected chi connectivity index (χ4v) is 3.04. The summed E-state index contributed by atoms with van der Waals surface area (Å²) in [6, 6.07) is 17.2. The summed E-state index contributed by atoms with van der Waals surface area (Å²) in [6.07, 6.45) is 1.60. The molecule has 6 heteroatoms. The Kier molecular flexibility index (Phi) is 5.29. The molecule has 0 amide bonds. The molecule has 0 aliphatic carbocycles. The van der Waals surface area contributed by atoms with Crippen LogP contribution in [0.2, 0.25) is 5.02 Å². The molecule has 0 spiro atoms. The van der Waals surface area contributed by atoms with E-state index in [1.165, 1.54) is 0 Å². The van der Waals surface area contributed by atoms with E-state index in [4.69, 9.17) is 22.1 Å². The molecule has 0 bridgehead atoms. The van der Waals surface area contributed by atoms with Crippen LogP contribution in [0.15, 0.2) is 54.7 Å². The molecule has 5 nitrogen and oxygen atoms in total. The average Bonchev–Trinajstić information content (AvgIpc) is 2.66. The minimum absolute atomic E-state index is 0.228. The molecule has 0 unspecified atom stereocenters. The van der Waals surface area contributed by atoms with Crippen molar-refractivity contribution in [1.82, 2.24) is 9.97 Å². The van der Waals surface area contributed by atoms with Crippen LogP contribution in [-0.4, -0.2) is 9.97 Å². The maximum Gasteiger partial charge on any atom is 0.220 e. The van der Waals surface area contributed by atoms with E-state index in [0.717, 1.165) is 22.6 Å². The standard InChI is InChI=1S/C21H19ClN4O/c1-21(2,16-9-14(12-23)10-17(22)11-16)15-3-5-19(6-4-15)27-13-18-7-8-25-20(24)26-18/h3-11H,13H2,1-2H3,(H2,24,25,26). The van der Waals surface area contributed by atoms with Crippen LogP contribution < -0.4 is 10.5 Å². The number of nitriles is 1. The van der Waals surface area contributed by atoms with Gasteiger partial charge in [-0.15, -0.1) is 0 Å². The molecule has 0 saturated heterocycles. The highest BCUT2D eigenvalue weighted by atomic mass is 35.5. The Morgan fingerprint density at radius 3 is 2.52 bits per heavy atom. The van der Waals surface area contributed by atoms with Crippen molar-refractivity contribution in [3.05, 3.63) is 82.1 Å². The molecule has 1 heterocycles. The normalized spacial score (nSPS) is 11.0. The number of rotatable bonds is 5. The lowest BCUT2D eigenvalue weighted by molar-refractivity contribution is 0.301. The van der Waals surface area contributed by atoms with Gasteiger partial charge in [0.1, 0.15) is 12.4 Å². The first kappa shape index (κ1) is 18.7. The zero-order chi connectivity index (χ0) is 19.4. The van der Waals surface area contributed by atoms with E-state index in [1.807, 2.05) is 36.4 Å². The van der Waals surface area contributed by atoms with Gasteiger partial charge in [0.2, 0.25) is 5.95 Å². The monoisotopic (exact) mass is 378 g/mol. The SMILES string of the molecule is CC(C)(c1ccc(OCc2ccnc(N)n2)cc1)c1cc(Cl)cc(C#N)c1. The van der Waals surface area contributed by atoms with Gasteiger partial charge < -0.3 is 10.5 Å². The minimum atomic E-state index is -0.309. The summed E-state index contributed by atoms with van der Waals surface area (Å²) in [5, 5.41) is 9.74. The number of nitrogens with two attached hydrogens (primary N) is 1. The van der Waals surface area contributed by atoms with E-state index < -0.39 is 0 Å². The number of hydrogen-bond donors (Lipinski definition) is 1. The highest BCUT2D eigenvalue weighted by Gasteiger charge is 2.24. The van der Waals surface area contributed by atoms with E-state index in [0.29, 0.717) is 17.2 Å². The van der Waals surface area contributed by atoms with E-state index >= 15 is 0 Å². The fourth-order valence-electron chi connectivity index (χ4n) is 2.80. The Hall–Kier alpha value is -3.10. The van der Waals surface area contributed by atoms with Crippen molar-refractivity contribution in [1.29, 1.82) is 5.26 Å². The number of hydrogen-bond acceptors (Lipinski definition) is 5. The summed E-state index contributed by atoms with van der Waals surface area (Å²) in [5.41, 5.74) is 8.61. The van der Waals surface area contributed by atoms with E-state index in [9.17, 15) is 5.26 Å². The minimum Gasteiger partial charge on any atom is -0.487 e. The van der Waals surface area contributed by atoms with Gasteiger partial charge in [0.25, 0.3) is 0 Å². The van der Waals surface area contributed by atoms with Gasteiger partial charge in [-0.2, -0.15) is 5.26 Å². The van der Waals surface area contributed by atoms with Gasteiger partial charge in [-0.1, -0.05) is 37.6 Å². The van der Waals surface area contributed by atoms with Gasteiger partial charge >= 0.3 is 0 Å². The largest absolute Gasteiger partial charge is 0.487 e. The molecule has 2 aromatic carbocycles. The molecule has 0 fully saturated rings.